The van der Waals surface area contributed by atoms with E-state index in [4.69, 9.17) is 18.9 Å². The van der Waals surface area contributed by atoms with Crippen LogP contribution in [0.3, 0.4) is 0 Å². The Morgan fingerprint density at radius 3 is 2.48 bits per heavy atom. The molecule has 13 heteroatoms. The molecule has 2 amide bonds. The van der Waals surface area contributed by atoms with Gasteiger partial charge in [-0.25, -0.2) is 9.59 Å². The summed E-state index contributed by atoms with van der Waals surface area (Å²) in [5, 5.41) is 22.4. The number of amides is 2. The zero-order valence-corrected chi connectivity index (χ0v) is 30.7. The molecule has 1 aliphatic rings. The van der Waals surface area contributed by atoms with Gasteiger partial charge < -0.3 is 34.7 Å². The van der Waals surface area contributed by atoms with Crippen LogP contribution in [0.4, 0.5) is 4.79 Å². The highest BCUT2D eigenvalue weighted by Gasteiger charge is 2.32. The van der Waals surface area contributed by atoms with E-state index in [1.165, 1.54) is 17.9 Å². The fourth-order valence-corrected chi connectivity index (χ4v) is 7.22. The highest BCUT2D eigenvalue weighted by molar-refractivity contribution is 14.1. The van der Waals surface area contributed by atoms with Gasteiger partial charge in [0.05, 0.1) is 38.7 Å². The molecule has 0 radical (unpaired) electrons. The van der Waals surface area contributed by atoms with Crippen LogP contribution in [0.2, 0.25) is 0 Å². The standard InChI is InChI=1S/C35H34I2N4O7/c1-4-46-29-16-25(32-31(34(43)45-3)20(2)39-35(44)40-32)11-12-28(29)47-19-30(42)41-38-17-22-14-26(36)33(27(37)15-22)48-18-21-9-10-23-7-5-6-8-24(23)13-21/h5-17,30,32,41-42H,4,18-19H2,1-3H3,(H2,39,40,44)/b38-17-/t30-,32+/m0/s1. The van der Waals surface area contributed by atoms with E-state index in [0.717, 1.165) is 24.0 Å². The molecule has 5 rings (SSSR count). The van der Waals surface area contributed by atoms with Crippen molar-refractivity contribution in [1.29, 1.82) is 0 Å². The molecule has 0 aliphatic carbocycles. The second-order valence-electron chi connectivity index (χ2n) is 10.7. The summed E-state index contributed by atoms with van der Waals surface area (Å²) in [6, 6.07) is 22.3. The number of nitrogens with zero attached hydrogens (tertiary/aromatic N) is 1. The number of fused-ring (bicyclic) bond motifs is 1. The van der Waals surface area contributed by atoms with Crippen molar-refractivity contribution >= 4 is 74.2 Å². The summed E-state index contributed by atoms with van der Waals surface area (Å²) >= 11 is 4.49. The maximum Gasteiger partial charge on any atom is 0.337 e. The largest absolute Gasteiger partial charge is 0.490 e. The molecule has 250 valence electrons. The maximum absolute atomic E-state index is 12.5. The number of aliphatic hydroxyl groups excluding tert-OH is 1. The molecule has 0 saturated heterocycles. The number of ether oxygens (including phenoxy) is 4. The molecule has 0 bridgehead atoms. The van der Waals surface area contributed by atoms with Gasteiger partial charge in [0.25, 0.3) is 0 Å². The third kappa shape index (κ3) is 8.68. The van der Waals surface area contributed by atoms with Crippen molar-refractivity contribution in [2.75, 3.05) is 20.3 Å². The first-order chi connectivity index (χ1) is 23.2. The number of esters is 1. The van der Waals surface area contributed by atoms with Crippen LogP contribution < -0.4 is 30.3 Å². The van der Waals surface area contributed by atoms with Crippen molar-refractivity contribution in [3.63, 3.8) is 0 Å². The third-order valence-corrected chi connectivity index (χ3v) is 8.93. The van der Waals surface area contributed by atoms with Crippen LogP contribution in [0.5, 0.6) is 17.2 Å². The van der Waals surface area contributed by atoms with Crippen LogP contribution in [-0.2, 0) is 16.1 Å². The molecule has 0 spiro atoms. The summed E-state index contributed by atoms with van der Waals surface area (Å²) in [6.07, 6.45) is 0.487. The van der Waals surface area contributed by atoms with Gasteiger partial charge in [-0.3, -0.25) is 5.43 Å². The number of urea groups is 1. The Morgan fingerprint density at radius 2 is 1.75 bits per heavy atom. The number of methoxy groups -OCH3 is 1. The molecule has 0 aromatic heterocycles. The lowest BCUT2D eigenvalue weighted by Gasteiger charge is -2.28. The number of allylic oxidation sites excluding steroid dienone is 1. The number of hydrogen-bond donors (Lipinski definition) is 4. The quantitative estimate of drug-likeness (QED) is 0.0413. The zero-order chi connectivity index (χ0) is 34.2. The van der Waals surface area contributed by atoms with Crippen LogP contribution >= 0.6 is 45.2 Å². The second kappa shape index (κ2) is 16.3. The Kier molecular flexibility index (Phi) is 12.0. The zero-order valence-electron chi connectivity index (χ0n) is 26.4. The van der Waals surface area contributed by atoms with E-state index < -0.39 is 24.3 Å². The second-order valence-corrected chi connectivity index (χ2v) is 13.0. The molecule has 4 aromatic carbocycles. The first-order valence-corrected chi connectivity index (χ1v) is 17.1. The third-order valence-electron chi connectivity index (χ3n) is 7.33. The summed E-state index contributed by atoms with van der Waals surface area (Å²) < 4.78 is 24.6. The van der Waals surface area contributed by atoms with Crippen molar-refractivity contribution < 1.29 is 33.6 Å². The Bertz CT molecular complexity index is 1860. The first kappa shape index (κ1) is 35.2. The van der Waals surface area contributed by atoms with E-state index in [1.807, 2.05) is 31.2 Å². The Balaban J connectivity index is 1.18. The molecule has 2 atom stereocenters. The Labute approximate surface area is 305 Å². The number of benzene rings is 4. The van der Waals surface area contributed by atoms with E-state index in [2.05, 4.69) is 96.7 Å². The molecule has 48 heavy (non-hydrogen) atoms. The van der Waals surface area contributed by atoms with Crippen LogP contribution in [-0.4, -0.2) is 49.9 Å². The van der Waals surface area contributed by atoms with Gasteiger partial charge in [-0.05, 0) is 117 Å². The first-order valence-electron chi connectivity index (χ1n) is 15.0. The monoisotopic (exact) mass is 876 g/mol. The number of nitrogens with one attached hydrogen (secondary N) is 3. The summed E-state index contributed by atoms with van der Waals surface area (Å²) in [5.41, 5.74) is 5.86. The van der Waals surface area contributed by atoms with Crippen molar-refractivity contribution in [2.24, 2.45) is 5.10 Å². The number of rotatable bonds is 13. The molecular formula is C35H34I2N4O7. The molecule has 4 aromatic rings. The van der Waals surface area contributed by atoms with Gasteiger partial charge in [-0.1, -0.05) is 42.5 Å². The maximum atomic E-state index is 12.5. The van der Waals surface area contributed by atoms with Gasteiger partial charge in [-0.15, -0.1) is 0 Å². The van der Waals surface area contributed by atoms with Gasteiger partial charge in [0.1, 0.15) is 19.0 Å². The van der Waals surface area contributed by atoms with E-state index in [0.29, 0.717) is 36.0 Å². The molecule has 0 saturated carbocycles. The van der Waals surface area contributed by atoms with Crippen LogP contribution in [0.15, 0.2) is 89.2 Å². The number of hydrazone groups is 1. The minimum absolute atomic E-state index is 0.135. The number of aliphatic hydroxyl groups is 1. The minimum Gasteiger partial charge on any atom is -0.490 e. The topological polar surface area (TPSA) is 140 Å². The molecular weight excluding hydrogens is 842 g/mol. The normalized spacial score (nSPS) is 15.1. The summed E-state index contributed by atoms with van der Waals surface area (Å²) in [7, 11) is 1.28. The van der Waals surface area contributed by atoms with Gasteiger partial charge in [0, 0.05) is 5.70 Å². The smallest absolute Gasteiger partial charge is 0.337 e. The molecule has 4 N–H and O–H groups in total. The highest BCUT2D eigenvalue weighted by Crippen LogP contribution is 2.35. The van der Waals surface area contributed by atoms with Crippen LogP contribution in [0.25, 0.3) is 10.8 Å². The lowest BCUT2D eigenvalue weighted by molar-refractivity contribution is -0.136. The number of hydrogen-bond acceptors (Lipinski definition) is 9. The average molecular weight is 876 g/mol. The van der Waals surface area contributed by atoms with Crippen molar-refractivity contribution in [2.45, 2.75) is 32.7 Å². The SMILES string of the molecule is CCOc1cc([C@H]2NC(=O)NC(C)=C2C(=O)OC)ccc1OC[C@H](O)N/N=C\c1cc(I)c(OCc2ccc3ccccc3c2)c(I)c1. The summed E-state index contributed by atoms with van der Waals surface area (Å²) in [6.45, 7) is 4.11. The predicted octanol–water partition coefficient (Wildman–Crippen LogP) is 6.15. The number of halogens is 2. The molecule has 0 fully saturated rings. The molecule has 1 aliphatic heterocycles. The lowest BCUT2D eigenvalue weighted by Crippen LogP contribution is -2.45. The minimum atomic E-state index is -1.13. The van der Waals surface area contributed by atoms with Crippen molar-refractivity contribution in [3.8, 4) is 17.2 Å². The fraction of sp³-hybridized carbons (Fsp3) is 0.229. The number of carbonyl (C=O) groups excluding carboxylic acids is 2. The molecule has 1 heterocycles. The van der Waals surface area contributed by atoms with E-state index in [-0.39, 0.29) is 12.2 Å². The average Bonchev–Trinajstić information content (AvgIpc) is 3.06. The highest BCUT2D eigenvalue weighted by atomic mass is 127. The van der Waals surface area contributed by atoms with Gasteiger partial charge in [0.2, 0.25) is 0 Å². The van der Waals surface area contributed by atoms with E-state index in [9.17, 15) is 14.7 Å². The van der Waals surface area contributed by atoms with Gasteiger partial charge >= 0.3 is 12.0 Å². The number of carbonyl (C=O) groups is 2. The molecule has 0 unspecified atom stereocenters. The lowest BCUT2D eigenvalue weighted by atomic mass is 9.95. The summed E-state index contributed by atoms with van der Waals surface area (Å²) in [5.74, 6) is 0.986. The predicted molar refractivity (Wildman–Crippen MR) is 199 cm³/mol. The van der Waals surface area contributed by atoms with Crippen molar-refractivity contribution in [3.05, 3.63) is 108 Å². The Morgan fingerprint density at radius 1 is 1.00 bits per heavy atom. The van der Waals surface area contributed by atoms with Crippen LogP contribution in [0.1, 0.15) is 36.6 Å². The van der Waals surface area contributed by atoms with Gasteiger partial charge in [0.15, 0.2) is 17.7 Å². The fourth-order valence-electron chi connectivity index (χ4n) is 5.10. The van der Waals surface area contributed by atoms with Gasteiger partial charge in [-0.2, -0.15) is 5.10 Å². The summed E-state index contributed by atoms with van der Waals surface area (Å²) in [4.78, 5) is 24.7. The van der Waals surface area contributed by atoms with Crippen molar-refractivity contribution in [1.82, 2.24) is 16.1 Å². The molecule has 11 nitrogen and oxygen atoms in total. The van der Waals surface area contributed by atoms with Crippen LogP contribution in [0, 0.1) is 7.14 Å². The van der Waals surface area contributed by atoms with E-state index >= 15 is 0 Å². The van der Waals surface area contributed by atoms with E-state index in [1.54, 1.807) is 31.3 Å². The Hall–Kier alpha value is -4.09.